The molecule has 1 aromatic carbocycles. The standard InChI is InChI=1S/C13H12ClF3N6.ClH/c1-7-10(6-20-21-12(18)19)11(14)23(22-7)9-4-2-3-8(5-9)13(15,16)17;/h2-6H,1H3,(H4,18,19,21);1H. The lowest BCUT2D eigenvalue weighted by Gasteiger charge is -2.09. The molecule has 0 aliphatic carbocycles. The molecule has 2 aromatic rings. The van der Waals surface area contributed by atoms with Gasteiger partial charge in [0.05, 0.1) is 28.7 Å². The van der Waals surface area contributed by atoms with Crippen LogP contribution in [-0.2, 0) is 6.18 Å². The van der Waals surface area contributed by atoms with Crippen LogP contribution in [0.4, 0.5) is 13.2 Å². The number of nitrogens with two attached hydrogens (primary N) is 2. The molecule has 24 heavy (non-hydrogen) atoms. The van der Waals surface area contributed by atoms with E-state index >= 15 is 0 Å². The van der Waals surface area contributed by atoms with E-state index in [1.54, 1.807) is 6.92 Å². The normalized spacial score (nSPS) is 11.4. The van der Waals surface area contributed by atoms with Crippen LogP contribution in [0.25, 0.3) is 5.69 Å². The van der Waals surface area contributed by atoms with E-state index in [1.165, 1.54) is 23.0 Å². The van der Waals surface area contributed by atoms with Crippen molar-refractivity contribution in [1.82, 2.24) is 9.78 Å². The predicted octanol–water partition coefficient (Wildman–Crippen LogP) is 2.88. The van der Waals surface area contributed by atoms with E-state index in [2.05, 4.69) is 15.3 Å². The molecule has 1 aromatic heterocycles. The minimum atomic E-state index is -4.46. The molecule has 6 nitrogen and oxygen atoms in total. The number of benzene rings is 1. The van der Waals surface area contributed by atoms with Crippen LogP contribution in [0.2, 0.25) is 5.15 Å². The predicted molar refractivity (Wildman–Crippen MR) is 89.0 cm³/mol. The van der Waals surface area contributed by atoms with Gasteiger partial charge in [-0.25, -0.2) is 4.68 Å². The van der Waals surface area contributed by atoms with Crippen LogP contribution in [0.3, 0.4) is 0 Å². The van der Waals surface area contributed by atoms with Gasteiger partial charge < -0.3 is 11.5 Å². The molecule has 2 rings (SSSR count). The van der Waals surface area contributed by atoms with Gasteiger partial charge in [0.15, 0.2) is 0 Å². The summed E-state index contributed by atoms with van der Waals surface area (Å²) in [5, 5.41) is 11.3. The van der Waals surface area contributed by atoms with Gasteiger partial charge in [-0.15, -0.1) is 17.5 Å². The molecule has 0 unspecified atom stereocenters. The van der Waals surface area contributed by atoms with Crippen molar-refractivity contribution < 1.29 is 13.2 Å². The highest BCUT2D eigenvalue weighted by Crippen LogP contribution is 2.31. The molecule has 0 aliphatic heterocycles. The molecule has 0 fully saturated rings. The Morgan fingerprint density at radius 1 is 1.33 bits per heavy atom. The first-order chi connectivity index (χ1) is 10.7. The molecule has 0 saturated heterocycles. The Morgan fingerprint density at radius 2 is 2.00 bits per heavy atom. The average molecular weight is 381 g/mol. The Hall–Kier alpha value is -2.26. The highest BCUT2D eigenvalue weighted by atomic mass is 35.5. The Kier molecular flexibility index (Phi) is 6.22. The second kappa shape index (κ2) is 7.54. The maximum absolute atomic E-state index is 12.8. The number of halogens is 5. The van der Waals surface area contributed by atoms with Gasteiger partial charge in [0, 0.05) is 0 Å². The molecule has 0 amide bonds. The van der Waals surface area contributed by atoms with Crippen LogP contribution in [0.1, 0.15) is 16.8 Å². The van der Waals surface area contributed by atoms with E-state index in [-0.39, 0.29) is 29.2 Å². The topological polar surface area (TPSA) is 94.6 Å². The largest absolute Gasteiger partial charge is 0.416 e. The molecule has 0 spiro atoms. The van der Waals surface area contributed by atoms with Gasteiger partial charge in [0.2, 0.25) is 5.96 Å². The zero-order chi connectivity index (χ0) is 17.2. The van der Waals surface area contributed by atoms with Crippen molar-refractivity contribution in [3.8, 4) is 5.69 Å². The van der Waals surface area contributed by atoms with Crippen LogP contribution >= 0.6 is 24.0 Å². The van der Waals surface area contributed by atoms with Gasteiger partial charge in [-0.05, 0) is 25.1 Å². The summed E-state index contributed by atoms with van der Waals surface area (Å²) in [5.41, 5.74) is 10.5. The third-order valence-electron chi connectivity index (χ3n) is 2.83. The second-order valence-electron chi connectivity index (χ2n) is 4.52. The number of hydrogen-bond acceptors (Lipinski definition) is 3. The fourth-order valence-corrected chi connectivity index (χ4v) is 2.12. The summed E-state index contributed by atoms with van der Waals surface area (Å²) >= 11 is 6.16. The van der Waals surface area contributed by atoms with Crippen molar-refractivity contribution in [2.45, 2.75) is 13.1 Å². The van der Waals surface area contributed by atoms with Crippen LogP contribution in [0.5, 0.6) is 0 Å². The summed E-state index contributed by atoms with van der Waals surface area (Å²) in [5.74, 6) is -0.236. The SMILES string of the molecule is Cc1nn(-c2cccc(C(F)(F)F)c2)c(Cl)c1C=NN=C(N)N.Cl. The van der Waals surface area contributed by atoms with E-state index < -0.39 is 11.7 Å². The summed E-state index contributed by atoms with van der Waals surface area (Å²) in [7, 11) is 0. The van der Waals surface area contributed by atoms with Crippen molar-refractivity contribution in [3.05, 3.63) is 46.2 Å². The van der Waals surface area contributed by atoms with Gasteiger partial charge >= 0.3 is 6.18 Å². The minimum absolute atomic E-state index is 0. The van der Waals surface area contributed by atoms with Gasteiger partial charge in [-0.2, -0.15) is 23.4 Å². The zero-order valence-electron chi connectivity index (χ0n) is 12.3. The molecule has 4 N–H and O–H groups in total. The molecule has 0 radical (unpaired) electrons. The summed E-state index contributed by atoms with van der Waals surface area (Å²) in [6, 6.07) is 4.66. The summed E-state index contributed by atoms with van der Waals surface area (Å²) in [6.07, 6.45) is -3.18. The van der Waals surface area contributed by atoms with Crippen LogP contribution in [0, 0.1) is 6.92 Å². The Morgan fingerprint density at radius 3 is 2.58 bits per heavy atom. The average Bonchev–Trinajstić information content (AvgIpc) is 2.74. The van der Waals surface area contributed by atoms with E-state index in [9.17, 15) is 13.2 Å². The summed E-state index contributed by atoms with van der Waals surface area (Å²) in [6.45, 7) is 1.63. The molecule has 0 bridgehead atoms. The van der Waals surface area contributed by atoms with Gasteiger partial charge in [-0.1, -0.05) is 17.7 Å². The lowest BCUT2D eigenvalue weighted by Crippen LogP contribution is -2.21. The highest BCUT2D eigenvalue weighted by Gasteiger charge is 2.30. The van der Waals surface area contributed by atoms with Crippen molar-refractivity contribution in [1.29, 1.82) is 0 Å². The van der Waals surface area contributed by atoms with Crippen molar-refractivity contribution >= 4 is 36.2 Å². The molecule has 11 heteroatoms. The first kappa shape index (κ1) is 19.8. The molecule has 130 valence electrons. The fraction of sp³-hybridized carbons (Fsp3) is 0.154. The number of aromatic nitrogens is 2. The molecule has 0 aliphatic rings. The Balaban J connectivity index is 0.00000288. The summed E-state index contributed by atoms with van der Waals surface area (Å²) in [4.78, 5) is 0. The highest BCUT2D eigenvalue weighted by molar-refractivity contribution is 6.32. The monoisotopic (exact) mass is 380 g/mol. The van der Waals surface area contributed by atoms with E-state index in [4.69, 9.17) is 23.1 Å². The molecule has 0 atom stereocenters. The fourth-order valence-electron chi connectivity index (χ4n) is 1.80. The van der Waals surface area contributed by atoms with Crippen molar-refractivity contribution in [3.63, 3.8) is 0 Å². The second-order valence-corrected chi connectivity index (χ2v) is 4.88. The van der Waals surface area contributed by atoms with E-state index in [0.717, 1.165) is 12.1 Å². The maximum Gasteiger partial charge on any atom is 0.416 e. The third-order valence-corrected chi connectivity index (χ3v) is 3.19. The maximum atomic E-state index is 12.8. The number of rotatable bonds is 3. The first-order valence-electron chi connectivity index (χ1n) is 6.25. The lowest BCUT2D eigenvalue weighted by molar-refractivity contribution is -0.137. The van der Waals surface area contributed by atoms with E-state index in [1.807, 2.05) is 0 Å². The van der Waals surface area contributed by atoms with Crippen LogP contribution in [-0.4, -0.2) is 22.0 Å². The zero-order valence-corrected chi connectivity index (χ0v) is 13.8. The van der Waals surface area contributed by atoms with Crippen molar-refractivity contribution in [2.75, 3.05) is 0 Å². The Bertz CT molecular complexity index is 778. The van der Waals surface area contributed by atoms with Crippen LogP contribution < -0.4 is 11.5 Å². The van der Waals surface area contributed by atoms with Crippen molar-refractivity contribution in [2.24, 2.45) is 21.7 Å². The number of alkyl halides is 3. The number of aryl methyl sites for hydroxylation is 1. The number of hydrogen-bond donors (Lipinski definition) is 2. The summed E-state index contributed by atoms with van der Waals surface area (Å²) < 4.78 is 39.5. The van der Waals surface area contributed by atoms with Gasteiger partial charge in [0.25, 0.3) is 0 Å². The molecular formula is C13H13Cl2F3N6. The smallest absolute Gasteiger partial charge is 0.369 e. The Labute approximate surface area is 146 Å². The van der Waals surface area contributed by atoms with Gasteiger partial charge in [0.1, 0.15) is 5.15 Å². The third kappa shape index (κ3) is 4.39. The van der Waals surface area contributed by atoms with Crippen LogP contribution in [0.15, 0.2) is 34.5 Å². The van der Waals surface area contributed by atoms with E-state index in [0.29, 0.717) is 11.3 Å². The number of nitrogens with zero attached hydrogens (tertiary/aromatic N) is 4. The lowest BCUT2D eigenvalue weighted by atomic mass is 10.2. The first-order valence-corrected chi connectivity index (χ1v) is 6.62. The number of guanidine groups is 1. The minimum Gasteiger partial charge on any atom is -0.369 e. The molecule has 0 saturated carbocycles. The van der Waals surface area contributed by atoms with Gasteiger partial charge in [-0.3, -0.25) is 0 Å². The molecular weight excluding hydrogens is 368 g/mol. The molecule has 1 heterocycles. The quantitative estimate of drug-likeness (QED) is 0.486.